The molecule has 0 radical (unpaired) electrons. The predicted molar refractivity (Wildman–Crippen MR) is 151 cm³/mol. The summed E-state index contributed by atoms with van der Waals surface area (Å²) in [5.74, 6) is 1.26. The Morgan fingerprint density at radius 1 is 1.00 bits per heavy atom. The maximum absolute atomic E-state index is 14.4. The first-order chi connectivity index (χ1) is 19.7. The van der Waals surface area contributed by atoms with Crippen molar-refractivity contribution in [2.45, 2.75) is 70.8 Å². The van der Waals surface area contributed by atoms with E-state index in [2.05, 4.69) is 0 Å². The number of carbonyl (C=O) groups excluding carboxylic acids is 1. The van der Waals surface area contributed by atoms with Crippen LogP contribution in [0.25, 0.3) is 11.1 Å². The Kier molecular flexibility index (Phi) is 7.91. The summed E-state index contributed by atoms with van der Waals surface area (Å²) in [7, 11) is 1.35. The fourth-order valence-electron chi connectivity index (χ4n) is 5.92. The number of aryl methyl sites for hydroxylation is 2. The lowest BCUT2D eigenvalue weighted by Crippen LogP contribution is -2.27. The van der Waals surface area contributed by atoms with Gasteiger partial charge in [0.05, 0.1) is 31.3 Å². The third-order valence-electron chi connectivity index (χ3n) is 7.79. The normalized spacial score (nSPS) is 17.8. The number of hydrogen-bond acceptors (Lipinski definition) is 6. The van der Waals surface area contributed by atoms with Gasteiger partial charge in [0, 0.05) is 17.5 Å². The van der Waals surface area contributed by atoms with Gasteiger partial charge in [0.15, 0.2) is 0 Å². The third kappa shape index (κ3) is 6.07. The molecule has 1 aliphatic heterocycles. The third-order valence-corrected chi connectivity index (χ3v) is 7.79. The van der Waals surface area contributed by atoms with Crippen LogP contribution in [0.4, 0.5) is 13.2 Å². The largest absolute Gasteiger partial charge is 0.492 e. The van der Waals surface area contributed by atoms with Crippen molar-refractivity contribution in [3.63, 3.8) is 0 Å². The molecule has 5 rings (SSSR count). The molecule has 3 aromatic carbocycles. The van der Waals surface area contributed by atoms with Crippen LogP contribution < -0.4 is 14.2 Å². The average Bonchev–Trinajstić information content (AvgIpc) is 3.50. The SMILES string of the molecule is COC(=O)CC1COc2cc(OC3CCc4c3ccc(C(F)(F)F)c4-c3c(C)cc(OCC(C)(C)O)cc3C)ccc21. The minimum atomic E-state index is -4.55. The lowest BCUT2D eigenvalue weighted by atomic mass is 9.86. The van der Waals surface area contributed by atoms with E-state index in [1.807, 2.05) is 12.1 Å². The second-order valence-electron chi connectivity index (χ2n) is 11.7. The van der Waals surface area contributed by atoms with Crippen molar-refractivity contribution in [1.29, 1.82) is 0 Å². The molecule has 9 heteroatoms. The fraction of sp³-hybridized carbons (Fsp3) is 0.424. The summed E-state index contributed by atoms with van der Waals surface area (Å²) in [4.78, 5) is 11.7. The number of aliphatic hydroxyl groups is 1. The van der Waals surface area contributed by atoms with E-state index in [1.54, 1.807) is 45.9 Å². The number of fused-ring (bicyclic) bond motifs is 2. The number of methoxy groups -OCH3 is 1. The molecule has 0 spiro atoms. The summed E-state index contributed by atoms with van der Waals surface area (Å²) in [6, 6.07) is 11.6. The highest BCUT2D eigenvalue weighted by atomic mass is 19.4. The van der Waals surface area contributed by atoms with Crippen molar-refractivity contribution in [2.24, 2.45) is 0 Å². The standard InChI is InChI=1S/C33H35F3O6/c1-18-12-22(41-17-32(3,4)38)13-19(2)30(18)31-25-9-11-27(24(25)8-10-26(31)33(34,35)36)42-21-6-7-23-20(14-29(37)39-5)16-40-28(23)15-21/h6-8,10,12-13,15,20,27,38H,9,11,14,16-17H2,1-5H3. The van der Waals surface area contributed by atoms with Gasteiger partial charge in [-0.2, -0.15) is 13.2 Å². The summed E-state index contributed by atoms with van der Waals surface area (Å²) >= 11 is 0. The molecular weight excluding hydrogens is 549 g/mol. The van der Waals surface area contributed by atoms with Crippen molar-refractivity contribution in [2.75, 3.05) is 20.3 Å². The summed E-state index contributed by atoms with van der Waals surface area (Å²) in [6.07, 6.45) is -3.80. The lowest BCUT2D eigenvalue weighted by Gasteiger charge is -2.23. The molecule has 2 atom stereocenters. The Bertz CT molecular complexity index is 1480. The molecule has 6 nitrogen and oxygen atoms in total. The molecule has 0 bridgehead atoms. The minimum absolute atomic E-state index is 0.0540. The van der Waals surface area contributed by atoms with Crippen LogP contribution in [0, 0.1) is 13.8 Å². The zero-order chi connectivity index (χ0) is 30.4. The fourth-order valence-corrected chi connectivity index (χ4v) is 5.92. The first-order valence-corrected chi connectivity index (χ1v) is 13.9. The number of halogens is 3. The summed E-state index contributed by atoms with van der Waals surface area (Å²) in [5, 5.41) is 10.0. The van der Waals surface area contributed by atoms with Crippen LogP contribution >= 0.6 is 0 Å². The molecule has 3 aromatic rings. The van der Waals surface area contributed by atoms with Crippen LogP contribution in [0.2, 0.25) is 0 Å². The zero-order valence-corrected chi connectivity index (χ0v) is 24.4. The van der Waals surface area contributed by atoms with Crippen molar-refractivity contribution in [3.05, 3.63) is 75.8 Å². The molecule has 42 heavy (non-hydrogen) atoms. The zero-order valence-electron chi connectivity index (χ0n) is 24.4. The quantitative estimate of drug-likeness (QED) is 0.281. The molecule has 2 aliphatic rings. The van der Waals surface area contributed by atoms with E-state index in [0.717, 1.165) is 17.2 Å². The molecule has 0 saturated heterocycles. The number of ether oxygens (including phenoxy) is 4. The second kappa shape index (κ2) is 11.2. The van der Waals surface area contributed by atoms with Gasteiger partial charge in [0.2, 0.25) is 0 Å². The van der Waals surface area contributed by atoms with Crippen LogP contribution in [-0.4, -0.2) is 37.0 Å². The Morgan fingerprint density at radius 3 is 2.33 bits per heavy atom. The minimum Gasteiger partial charge on any atom is -0.492 e. The molecule has 224 valence electrons. The molecule has 1 aliphatic carbocycles. The van der Waals surface area contributed by atoms with Gasteiger partial charge in [-0.1, -0.05) is 12.1 Å². The topological polar surface area (TPSA) is 74.2 Å². The molecule has 0 aromatic heterocycles. The summed E-state index contributed by atoms with van der Waals surface area (Å²) in [5.41, 5.74) is 2.54. The van der Waals surface area contributed by atoms with Crippen LogP contribution in [0.15, 0.2) is 42.5 Å². The van der Waals surface area contributed by atoms with Gasteiger partial charge in [0.1, 0.15) is 30.0 Å². The highest BCUT2D eigenvalue weighted by molar-refractivity contribution is 5.80. The van der Waals surface area contributed by atoms with E-state index in [0.29, 0.717) is 59.0 Å². The molecule has 1 heterocycles. The van der Waals surface area contributed by atoms with E-state index in [1.165, 1.54) is 13.2 Å². The Morgan fingerprint density at radius 2 is 1.69 bits per heavy atom. The Balaban J connectivity index is 1.47. The molecule has 0 amide bonds. The van der Waals surface area contributed by atoms with Crippen molar-refractivity contribution < 1.29 is 42.0 Å². The molecule has 1 N–H and O–H groups in total. The first kappa shape index (κ1) is 29.8. The monoisotopic (exact) mass is 584 g/mol. The van der Waals surface area contributed by atoms with E-state index < -0.39 is 23.4 Å². The van der Waals surface area contributed by atoms with Gasteiger partial charge >= 0.3 is 12.1 Å². The van der Waals surface area contributed by atoms with Gasteiger partial charge in [-0.05, 0) is 98.2 Å². The molecule has 0 fully saturated rings. The molecular formula is C33H35F3O6. The van der Waals surface area contributed by atoms with Crippen LogP contribution in [0.1, 0.15) is 72.1 Å². The van der Waals surface area contributed by atoms with Crippen LogP contribution in [0.3, 0.4) is 0 Å². The van der Waals surface area contributed by atoms with E-state index in [9.17, 15) is 23.1 Å². The number of hydrogen-bond donors (Lipinski definition) is 1. The van der Waals surface area contributed by atoms with E-state index in [-0.39, 0.29) is 30.5 Å². The van der Waals surface area contributed by atoms with Gasteiger partial charge < -0.3 is 24.1 Å². The number of alkyl halides is 3. The van der Waals surface area contributed by atoms with Crippen LogP contribution in [-0.2, 0) is 22.1 Å². The van der Waals surface area contributed by atoms with Crippen molar-refractivity contribution in [3.8, 4) is 28.4 Å². The predicted octanol–water partition coefficient (Wildman–Crippen LogP) is 7.24. The lowest BCUT2D eigenvalue weighted by molar-refractivity contribution is -0.141. The Hall–Kier alpha value is -3.72. The second-order valence-corrected chi connectivity index (χ2v) is 11.7. The number of rotatable bonds is 8. The first-order valence-electron chi connectivity index (χ1n) is 13.9. The number of benzene rings is 3. The molecule has 0 saturated carbocycles. The summed E-state index contributed by atoms with van der Waals surface area (Å²) < 4.78 is 65.8. The highest BCUT2D eigenvalue weighted by Gasteiger charge is 2.39. The van der Waals surface area contributed by atoms with Gasteiger partial charge in [0.25, 0.3) is 0 Å². The number of carbonyl (C=O) groups is 1. The van der Waals surface area contributed by atoms with Gasteiger partial charge in [-0.25, -0.2) is 0 Å². The van der Waals surface area contributed by atoms with Crippen molar-refractivity contribution >= 4 is 5.97 Å². The maximum atomic E-state index is 14.4. The van der Waals surface area contributed by atoms with Crippen molar-refractivity contribution in [1.82, 2.24) is 0 Å². The average molecular weight is 585 g/mol. The van der Waals surface area contributed by atoms with E-state index >= 15 is 0 Å². The Labute approximate surface area is 243 Å². The number of esters is 1. The smallest absolute Gasteiger partial charge is 0.417 e. The molecule has 2 unspecified atom stereocenters. The van der Waals surface area contributed by atoms with E-state index in [4.69, 9.17) is 18.9 Å². The highest BCUT2D eigenvalue weighted by Crippen LogP contribution is 2.48. The maximum Gasteiger partial charge on any atom is 0.417 e. The summed E-state index contributed by atoms with van der Waals surface area (Å²) in [6.45, 7) is 7.22. The van der Waals surface area contributed by atoms with Gasteiger partial charge in [-0.15, -0.1) is 0 Å². The van der Waals surface area contributed by atoms with Gasteiger partial charge in [-0.3, -0.25) is 4.79 Å². The van der Waals surface area contributed by atoms with Crippen LogP contribution in [0.5, 0.6) is 17.2 Å².